The first-order chi connectivity index (χ1) is 9.30. The molecule has 0 aromatic heterocycles. The molecule has 7 heteroatoms. The van der Waals surface area contributed by atoms with Gasteiger partial charge in [-0.1, -0.05) is 0 Å². The molecule has 0 spiro atoms. The molecule has 1 heterocycles. The van der Waals surface area contributed by atoms with Crippen LogP contribution in [-0.4, -0.2) is 51.0 Å². The maximum Gasteiger partial charge on any atom is 0.303 e. The Morgan fingerprint density at radius 1 is 1.30 bits per heavy atom. The Morgan fingerprint density at radius 3 is 2.30 bits per heavy atom. The number of carboxylic acid groups (broad SMARTS) is 1. The number of carboxylic acids is 1. The normalized spacial score (nSPS) is 16.2. The first-order valence-corrected chi connectivity index (χ1v) is 7.74. The van der Waals surface area contributed by atoms with Crippen LogP contribution in [0.3, 0.4) is 0 Å². The smallest absolute Gasteiger partial charge is 0.303 e. The minimum atomic E-state index is -3.40. The first-order valence-electron chi connectivity index (χ1n) is 6.30. The topological polar surface area (TPSA) is 77.9 Å². The molecule has 2 rings (SSSR count). The average molecular weight is 298 g/mol. The lowest BCUT2D eigenvalue weighted by atomic mass is 9.96. The van der Waals surface area contributed by atoms with Crippen molar-refractivity contribution in [2.75, 3.05) is 32.1 Å². The Labute approximate surface area is 118 Å². The van der Waals surface area contributed by atoms with Crippen LogP contribution in [-0.2, 0) is 14.8 Å². The number of anilines is 1. The SMILES string of the molecule is CN(C)S(=O)(=O)c1ccc(N2CC(CC(=O)O)C2)cc1. The summed E-state index contributed by atoms with van der Waals surface area (Å²) in [5, 5.41) is 8.69. The van der Waals surface area contributed by atoms with Gasteiger partial charge in [-0.3, -0.25) is 4.79 Å². The summed E-state index contributed by atoms with van der Waals surface area (Å²) in [6.07, 6.45) is 0.184. The van der Waals surface area contributed by atoms with E-state index in [1.807, 2.05) is 4.90 Å². The number of hydrogen-bond donors (Lipinski definition) is 1. The molecule has 0 saturated carbocycles. The zero-order valence-electron chi connectivity index (χ0n) is 11.5. The van der Waals surface area contributed by atoms with Crippen LogP contribution in [0, 0.1) is 5.92 Å². The maximum atomic E-state index is 11.9. The van der Waals surface area contributed by atoms with Crippen molar-refractivity contribution in [3.63, 3.8) is 0 Å². The lowest BCUT2D eigenvalue weighted by Crippen LogP contribution is -2.47. The largest absolute Gasteiger partial charge is 0.481 e. The molecule has 6 nitrogen and oxygen atoms in total. The predicted molar refractivity (Wildman–Crippen MR) is 75.3 cm³/mol. The quantitative estimate of drug-likeness (QED) is 0.872. The second kappa shape index (κ2) is 5.41. The molecular weight excluding hydrogens is 280 g/mol. The molecule has 1 saturated heterocycles. The van der Waals surface area contributed by atoms with Crippen LogP contribution in [0.2, 0.25) is 0 Å². The lowest BCUT2D eigenvalue weighted by molar-refractivity contribution is -0.138. The minimum Gasteiger partial charge on any atom is -0.481 e. The fourth-order valence-electron chi connectivity index (χ4n) is 2.20. The van der Waals surface area contributed by atoms with Gasteiger partial charge in [-0.25, -0.2) is 12.7 Å². The molecule has 1 N–H and O–H groups in total. The molecule has 1 aliphatic heterocycles. The van der Waals surface area contributed by atoms with Crippen LogP contribution in [0.15, 0.2) is 29.2 Å². The molecule has 1 aliphatic rings. The molecule has 0 atom stereocenters. The van der Waals surface area contributed by atoms with Gasteiger partial charge in [-0.2, -0.15) is 0 Å². The van der Waals surface area contributed by atoms with E-state index in [9.17, 15) is 13.2 Å². The number of benzene rings is 1. The summed E-state index contributed by atoms with van der Waals surface area (Å²) in [5.41, 5.74) is 0.921. The molecule has 20 heavy (non-hydrogen) atoms. The third-order valence-corrected chi connectivity index (χ3v) is 5.23. The number of rotatable bonds is 5. The van der Waals surface area contributed by atoms with Crippen molar-refractivity contribution in [1.82, 2.24) is 4.31 Å². The third kappa shape index (κ3) is 2.94. The molecule has 0 bridgehead atoms. The van der Waals surface area contributed by atoms with Gasteiger partial charge in [0.05, 0.1) is 11.3 Å². The van der Waals surface area contributed by atoms with Crippen molar-refractivity contribution in [3.8, 4) is 0 Å². The Kier molecular flexibility index (Phi) is 4.01. The van der Waals surface area contributed by atoms with Crippen molar-refractivity contribution >= 4 is 21.7 Å². The highest BCUT2D eigenvalue weighted by Gasteiger charge is 2.29. The van der Waals surface area contributed by atoms with Crippen molar-refractivity contribution in [2.45, 2.75) is 11.3 Å². The summed E-state index contributed by atoms with van der Waals surface area (Å²) in [6, 6.07) is 6.67. The van der Waals surface area contributed by atoms with Gasteiger partial charge in [0.25, 0.3) is 0 Å². The Morgan fingerprint density at radius 2 is 1.85 bits per heavy atom. The van der Waals surface area contributed by atoms with Crippen molar-refractivity contribution in [1.29, 1.82) is 0 Å². The van der Waals surface area contributed by atoms with Gasteiger partial charge >= 0.3 is 5.97 Å². The number of hydrogen-bond acceptors (Lipinski definition) is 4. The van der Waals surface area contributed by atoms with Crippen LogP contribution >= 0.6 is 0 Å². The molecular formula is C13H18N2O4S. The molecule has 0 aliphatic carbocycles. The van der Waals surface area contributed by atoms with Gasteiger partial charge in [-0.05, 0) is 24.3 Å². The standard InChI is InChI=1S/C13H18N2O4S/c1-14(2)20(18,19)12-5-3-11(4-6-12)15-8-10(9-15)7-13(16)17/h3-6,10H,7-9H2,1-2H3,(H,16,17). The fraction of sp³-hybridized carbons (Fsp3) is 0.462. The van der Waals surface area contributed by atoms with Gasteiger partial charge < -0.3 is 10.0 Å². The Bertz CT molecular complexity index is 589. The van der Waals surface area contributed by atoms with E-state index >= 15 is 0 Å². The first kappa shape index (κ1) is 14.8. The van der Waals surface area contributed by atoms with Gasteiger partial charge in [0.1, 0.15) is 0 Å². The molecule has 0 unspecified atom stereocenters. The zero-order valence-corrected chi connectivity index (χ0v) is 12.3. The number of aliphatic carboxylic acids is 1. The Hall–Kier alpha value is -1.60. The van der Waals surface area contributed by atoms with Gasteiger partial charge in [0.15, 0.2) is 0 Å². The Balaban J connectivity index is 2.02. The molecule has 1 aromatic carbocycles. The van der Waals surface area contributed by atoms with E-state index in [1.54, 1.807) is 24.3 Å². The third-order valence-electron chi connectivity index (χ3n) is 3.40. The fourth-order valence-corrected chi connectivity index (χ4v) is 3.10. The van der Waals surface area contributed by atoms with Crippen LogP contribution in [0.5, 0.6) is 0 Å². The highest BCUT2D eigenvalue weighted by atomic mass is 32.2. The predicted octanol–water partition coefficient (Wildman–Crippen LogP) is 0.848. The lowest BCUT2D eigenvalue weighted by Gasteiger charge is -2.40. The summed E-state index contributed by atoms with van der Waals surface area (Å²) in [5.74, 6) is -0.597. The molecule has 110 valence electrons. The van der Waals surface area contributed by atoms with E-state index in [0.717, 1.165) is 5.69 Å². The summed E-state index contributed by atoms with van der Waals surface area (Å²) < 4.78 is 25.0. The van der Waals surface area contributed by atoms with E-state index in [-0.39, 0.29) is 17.2 Å². The molecule has 1 aromatic rings. The van der Waals surface area contributed by atoms with E-state index in [2.05, 4.69) is 0 Å². The summed E-state index contributed by atoms with van der Waals surface area (Å²) in [4.78, 5) is 12.9. The van der Waals surface area contributed by atoms with E-state index < -0.39 is 16.0 Å². The van der Waals surface area contributed by atoms with Crippen molar-refractivity contribution in [3.05, 3.63) is 24.3 Å². The number of carbonyl (C=O) groups is 1. The summed E-state index contributed by atoms with van der Waals surface area (Å²) in [7, 11) is -0.407. The highest BCUT2D eigenvalue weighted by Crippen LogP contribution is 2.27. The second-order valence-corrected chi connectivity index (χ2v) is 7.30. The highest BCUT2D eigenvalue weighted by molar-refractivity contribution is 7.89. The maximum absolute atomic E-state index is 11.9. The second-order valence-electron chi connectivity index (χ2n) is 5.15. The van der Waals surface area contributed by atoms with Crippen LogP contribution < -0.4 is 4.90 Å². The molecule has 1 fully saturated rings. The van der Waals surface area contributed by atoms with E-state index in [1.165, 1.54) is 18.4 Å². The van der Waals surface area contributed by atoms with Gasteiger partial charge in [0.2, 0.25) is 10.0 Å². The average Bonchev–Trinajstić information content (AvgIpc) is 2.33. The monoisotopic (exact) mass is 298 g/mol. The van der Waals surface area contributed by atoms with E-state index in [4.69, 9.17) is 5.11 Å². The van der Waals surface area contributed by atoms with Gasteiger partial charge in [0, 0.05) is 38.8 Å². The van der Waals surface area contributed by atoms with E-state index in [0.29, 0.717) is 13.1 Å². The summed E-state index contributed by atoms with van der Waals surface area (Å²) in [6.45, 7) is 1.40. The molecule has 0 amide bonds. The van der Waals surface area contributed by atoms with Gasteiger partial charge in [-0.15, -0.1) is 0 Å². The minimum absolute atomic E-state index is 0.178. The summed E-state index contributed by atoms with van der Waals surface area (Å²) >= 11 is 0. The zero-order chi connectivity index (χ0) is 14.9. The van der Waals surface area contributed by atoms with Crippen molar-refractivity contribution < 1.29 is 18.3 Å². The van der Waals surface area contributed by atoms with Crippen molar-refractivity contribution in [2.24, 2.45) is 5.92 Å². The van der Waals surface area contributed by atoms with Crippen LogP contribution in [0.1, 0.15) is 6.42 Å². The van der Waals surface area contributed by atoms with Crippen LogP contribution in [0.4, 0.5) is 5.69 Å². The molecule has 0 radical (unpaired) electrons. The number of sulfonamides is 1. The number of nitrogens with zero attached hydrogens (tertiary/aromatic N) is 2. The van der Waals surface area contributed by atoms with Crippen LogP contribution in [0.25, 0.3) is 0 Å².